The van der Waals surface area contributed by atoms with Gasteiger partial charge in [-0.1, -0.05) is 49.1 Å². The number of benzene rings is 1. The van der Waals surface area contributed by atoms with Crippen LogP contribution < -0.4 is 5.32 Å². The number of thioether (sulfide) groups is 1. The third-order valence-corrected chi connectivity index (χ3v) is 6.28. The minimum atomic E-state index is -0.153. The minimum absolute atomic E-state index is 0.115. The van der Waals surface area contributed by atoms with Crippen molar-refractivity contribution in [3.05, 3.63) is 35.4 Å². The number of nitrogens with zero attached hydrogens (tertiary/aromatic N) is 4. The summed E-state index contributed by atoms with van der Waals surface area (Å²) in [6.45, 7) is 5.66. The molecule has 0 aliphatic carbocycles. The van der Waals surface area contributed by atoms with Gasteiger partial charge in [0.15, 0.2) is 4.34 Å². The molecule has 9 heteroatoms. The number of anilines is 1. The Balaban J connectivity index is 1.72. The third kappa shape index (κ3) is 8.13. The van der Waals surface area contributed by atoms with Crippen LogP contribution in [0.2, 0.25) is 0 Å². The molecule has 0 saturated carbocycles. The molecule has 2 amide bonds. The topological polar surface area (TPSA) is 99.0 Å². The average Bonchev–Trinajstić information content (AvgIpc) is 3.19. The van der Waals surface area contributed by atoms with Crippen molar-refractivity contribution in [3.63, 3.8) is 0 Å². The number of hydrogen-bond donors (Lipinski definition) is 1. The number of amides is 2. The Hall–Kier alpha value is -2.44. The van der Waals surface area contributed by atoms with Crippen LogP contribution in [0.1, 0.15) is 57.1 Å². The SMILES string of the molecule is CCCN(CCC)C(=O)CCCC(=O)Nc1nnc(SCc2ccc(C#N)cc2)s1. The Morgan fingerprint density at radius 2 is 1.83 bits per heavy atom. The second kappa shape index (κ2) is 13.0. The van der Waals surface area contributed by atoms with E-state index in [1.165, 1.54) is 23.1 Å². The summed E-state index contributed by atoms with van der Waals surface area (Å²) in [5, 5.41) is 20.2. The van der Waals surface area contributed by atoms with Crippen molar-refractivity contribution in [2.45, 2.75) is 56.0 Å². The van der Waals surface area contributed by atoms with Crippen LogP contribution >= 0.6 is 23.1 Å². The highest BCUT2D eigenvalue weighted by atomic mass is 32.2. The van der Waals surface area contributed by atoms with Crippen LogP contribution in [0, 0.1) is 11.3 Å². The molecule has 2 aromatic rings. The van der Waals surface area contributed by atoms with Gasteiger partial charge in [0, 0.05) is 31.7 Å². The number of nitrogens with one attached hydrogen (secondary N) is 1. The summed E-state index contributed by atoms with van der Waals surface area (Å²) in [7, 11) is 0. The lowest BCUT2D eigenvalue weighted by molar-refractivity contribution is -0.131. The molecule has 1 aromatic carbocycles. The summed E-state index contributed by atoms with van der Waals surface area (Å²) in [4.78, 5) is 26.3. The van der Waals surface area contributed by atoms with Crippen molar-refractivity contribution >= 4 is 40.0 Å². The van der Waals surface area contributed by atoms with E-state index in [9.17, 15) is 9.59 Å². The van der Waals surface area contributed by atoms with E-state index < -0.39 is 0 Å². The monoisotopic (exact) mass is 445 g/mol. The van der Waals surface area contributed by atoms with Crippen molar-refractivity contribution < 1.29 is 9.59 Å². The average molecular weight is 446 g/mol. The molecule has 0 fully saturated rings. The summed E-state index contributed by atoms with van der Waals surface area (Å²) in [5.74, 6) is 0.673. The molecule has 1 aromatic heterocycles. The number of nitriles is 1. The maximum absolute atomic E-state index is 12.2. The van der Waals surface area contributed by atoms with Gasteiger partial charge in [-0.05, 0) is 37.0 Å². The van der Waals surface area contributed by atoms with Gasteiger partial charge in [-0.2, -0.15) is 5.26 Å². The van der Waals surface area contributed by atoms with Gasteiger partial charge in [0.25, 0.3) is 0 Å². The first-order valence-corrected chi connectivity index (χ1v) is 11.9. The van der Waals surface area contributed by atoms with Gasteiger partial charge in [0.2, 0.25) is 16.9 Å². The Morgan fingerprint density at radius 1 is 1.13 bits per heavy atom. The highest BCUT2D eigenvalue weighted by molar-refractivity contribution is 8.00. The van der Waals surface area contributed by atoms with Crippen molar-refractivity contribution in [1.29, 1.82) is 5.26 Å². The smallest absolute Gasteiger partial charge is 0.226 e. The molecular formula is C21H27N5O2S2. The fraction of sp³-hybridized carbons (Fsp3) is 0.476. The fourth-order valence-corrected chi connectivity index (χ4v) is 4.50. The zero-order chi connectivity index (χ0) is 21.8. The van der Waals surface area contributed by atoms with Gasteiger partial charge in [0.1, 0.15) is 0 Å². The molecule has 0 aliphatic heterocycles. The predicted octanol–water partition coefficient (Wildman–Crippen LogP) is 4.46. The quantitative estimate of drug-likeness (QED) is 0.382. The molecule has 160 valence electrons. The van der Waals surface area contributed by atoms with Crippen LogP contribution in [0.3, 0.4) is 0 Å². The largest absolute Gasteiger partial charge is 0.343 e. The van der Waals surface area contributed by atoms with Crippen LogP contribution in [0.15, 0.2) is 28.6 Å². The van der Waals surface area contributed by atoms with Gasteiger partial charge in [-0.15, -0.1) is 10.2 Å². The van der Waals surface area contributed by atoms with Crippen molar-refractivity contribution in [2.75, 3.05) is 18.4 Å². The van der Waals surface area contributed by atoms with E-state index in [0.29, 0.717) is 29.3 Å². The van der Waals surface area contributed by atoms with E-state index in [0.717, 1.165) is 35.8 Å². The summed E-state index contributed by atoms with van der Waals surface area (Å²) in [6.07, 6.45) is 3.07. The number of carbonyl (C=O) groups is 2. The molecule has 0 bridgehead atoms. The van der Waals surface area contributed by atoms with Crippen molar-refractivity contribution in [2.24, 2.45) is 0 Å². The molecule has 0 atom stereocenters. The maximum atomic E-state index is 12.2. The number of aromatic nitrogens is 2. The van der Waals surface area contributed by atoms with Crippen LogP contribution in [0.25, 0.3) is 0 Å². The first kappa shape index (κ1) is 23.8. The summed E-state index contributed by atoms with van der Waals surface area (Å²) >= 11 is 2.86. The number of rotatable bonds is 12. The van der Waals surface area contributed by atoms with Gasteiger partial charge in [-0.25, -0.2) is 0 Å². The third-order valence-electron chi connectivity index (χ3n) is 4.23. The lowest BCUT2D eigenvalue weighted by Gasteiger charge is -2.21. The van der Waals surface area contributed by atoms with E-state index in [-0.39, 0.29) is 18.2 Å². The Kier molecular flexibility index (Phi) is 10.3. The summed E-state index contributed by atoms with van der Waals surface area (Å²) in [6, 6.07) is 9.50. The molecule has 0 spiro atoms. The van der Waals surface area contributed by atoms with Crippen molar-refractivity contribution in [1.82, 2.24) is 15.1 Å². The molecule has 0 aliphatic rings. The molecule has 1 heterocycles. The van der Waals surface area contributed by atoms with Gasteiger partial charge < -0.3 is 10.2 Å². The second-order valence-electron chi connectivity index (χ2n) is 6.75. The van der Waals surface area contributed by atoms with Crippen LogP contribution in [-0.4, -0.2) is 40.0 Å². The summed E-state index contributed by atoms with van der Waals surface area (Å²) < 4.78 is 0.764. The molecule has 0 saturated heterocycles. The van der Waals surface area contributed by atoms with E-state index in [1.807, 2.05) is 17.0 Å². The Morgan fingerprint density at radius 3 is 2.47 bits per heavy atom. The Bertz CT molecular complexity index is 855. The van der Waals surface area contributed by atoms with Crippen LogP contribution in [0.4, 0.5) is 5.13 Å². The van der Waals surface area contributed by atoms with Crippen molar-refractivity contribution in [3.8, 4) is 6.07 Å². The molecule has 1 N–H and O–H groups in total. The zero-order valence-electron chi connectivity index (χ0n) is 17.4. The first-order valence-electron chi connectivity index (χ1n) is 10.1. The van der Waals surface area contributed by atoms with Crippen LogP contribution in [0.5, 0.6) is 0 Å². The molecule has 7 nitrogen and oxygen atoms in total. The lowest BCUT2D eigenvalue weighted by atomic mass is 10.2. The van der Waals surface area contributed by atoms with Gasteiger partial charge >= 0.3 is 0 Å². The molecule has 30 heavy (non-hydrogen) atoms. The second-order valence-corrected chi connectivity index (χ2v) is 8.95. The normalized spacial score (nSPS) is 10.4. The number of carbonyl (C=O) groups excluding carboxylic acids is 2. The maximum Gasteiger partial charge on any atom is 0.226 e. The summed E-state index contributed by atoms with van der Waals surface area (Å²) in [5.41, 5.74) is 1.72. The molecule has 0 radical (unpaired) electrons. The van der Waals surface area contributed by atoms with E-state index in [1.54, 1.807) is 12.1 Å². The predicted molar refractivity (Wildman–Crippen MR) is 120 cm³/mol. The zero-order valence-corrected chi connectivity index (χ0v) is 19.0. The number of hydrogen-bond acceptors (Lipinski definition) is 7. The fourth-order valence-electron chi connectivity index (χ4n) is 2.78. The first-order chi connectivity index (χ1) is 14.5. The lowest BCUT2D eigenvalue weighted by Crippen LogP contribution is -2.32. The molecular weight excluding hydrogens is 418 g/mol. The Labute approximate surface area is 185 Å². The van der Waals surface area contributed by atoms with Gasteiger partial charge in [0.05, 0.1) is 11.6 Å². The van der Waals surface area contributed by atoms with E-state index >= 15 is 0 Å². The molecule has 2 rings (SSSR count). The van der Waals surface area contributed by atoms with Crippen LogP contribution in [-0.2, 0) is 15.3 Å². The standard InChI is InChI=1S/C21H27N5O2S2/c1-3-12-26(13-4-2)19(28)7-5-6-18(27)23-20-24-25-21(30-20)29-15-17-10-8-16(14-22)9-11-17/h8-11H,3-7,12-13,15H2,1-2H3,(H,23,24,27). The van der Waals surface area contributed by atoms with E-state index in [2.05, 4.69) is 35.4 Å². The highest BCUT2D eigenvalue weighted by Crippen LogP contribution is 2.28. The molecule has 0 unspecified atom stereocenters. The van der Waals surface area contributed by atoms with E-state index in [4.69, 9.17) is 5.26 Å². The van der Waals surface area contributed by atoms with Gasteiger partial charge in [-0.3, -0.25) is 9.59 Å². The highest BCUT2D eigenvalue weighted by Gasteiger charge is 2.13. The minimum Gasteiger partial charge on any atom is -0.343 e.